The SMILES string of the molecule is NNC(c1cncs1)c1cccnc1N. The molecule has 78 valence electrons. The van der Waals surface area contributed by atoms with Gasteiger partial charge in [-0.1, -0.05) is 6.07 Å². The van der Waals surface area contributed by atoms with E-state index in [2.05, 4.69) is 15.4 Å². The van der Waals surface area contributed by atoms with E-state index in [1.807, 2.05) is 12.1 Å². The van der Waals surface area contributed by atoms with Gasteiger partial charge >= 0.3 is 0 Å². The van der Waals surface area contributed by atoms with Crippen LogP contribution in [0.5, 0.6) is 0 Å². The van der Waals surface area contributed by atoms with Gasteiger partial charge in [-0.3, -0.25) is 10.8 Å². The zero-order valence-corrected chi connectivity index (χ0v) is 8.74. The molecule has 5 nitrogen and oxygen atoms in total. The quantitative estimate of drug-likeness (QED) is 0.523. The highest BCUT2D eigenvalue weighted by molar-refractivity contribution is 7.09. The zero-order chi connectivity index (χ0) is 10.7. The average Bonchev–Trinajstić information content (AvgIpc) is 2.75. The van der Waals surface area contributed by atoms with Gasteiger partial charge in [0.2, 0.25) is 0 Å². The number of hydrazine groups is 1. The third-order valence-corrected chi connectivity index (χ3v) is 2.93. The fourth-order valence-electron chi connectivity index (χ4n) is 1.37. The molecule has 0 spiro atoms. The summed E-state index contributed by atoms with van der Waals surface area (Å²) in [7, 11) is 0. The van der Waals surface area contributed by atoms with Crippen LogP contribution in [-0.2, 0) is 0 Å². The van der Waals surface area contributed by atoms with Crippen LogP contribution in [0.4, 0.5) is 5.82 Å². The maximum absolute atomic E-state index is 5.78. The lowest BCUT2D eigenvalue weighted by atomic mass is 10.1. The Hall–Kier alpha value is -1.50. The molecule has 1 unspecified atom stereocenters. The van der Waals surface area contributed by atoms with E-state index in [1.165, 1.54) is 11.3 Å². The summed E-state index contributed by atoms with van der Waals surface area (Å²) < 4.78 is 0. The van der Waals surface area contributed by atoms with Crippen molar-refractivity contribution in [1.29, 1.82) is 0 Å². The summed E-state index contributed by atoms with van der Waals surface area (Å²) in [5.41, 5.74) is 11.1. The molecule has 0 aromatic carbocycles. The van der Waals surface area contributed by atoms with Crippen molar-refractivity contribution in [2.45, 2.75) is 6.04 Å². The van der Waals surface area contributed by atoms with E-state index >= 15 is 0 Å². The molecule has 2 heterocycles. The number of nitrogens with two attached hydrogens (primary N) is 2. The molecule has 2 aromatic rings. The van der Waals surface area contributed by atoms with Crippen molar-refractivity contribution < 1.29 is 0 Å². The molecule has 0 saturated carbocycles. The summed E-state index contributed by atoms with van der Waals surface area (Å²) >= 11 is 1.52. The van der Waals surface area contributed by atoms with E-state index < -0.39 is 0 Å². The van der Waals surface area contributed by atoms with E-state index in [1.54, 1.807) is 17.9 Å². The standard InChI is InChI=1S/C9H11N5S/c10-9-6(2-1-3-13-9)8(14-11)7-4-12-5-15-7/h1-5,8,14H,11H2,(H2,10,13). The van der Waals surface area contributed by atoms with Gasteiger partial charge in [0, 0.05) is 22.8 Å². The Bertz CT molecular complexity index is 428. The molecule has 0 aliphatic carbocycles. The maximum Gasteiger partial charge on any atom is 0.128 e. The maximum atomic E-state index is 5.78. The summed E-state index contributed by atoms with van der Waals surface area (Å²) in [5.74, 6) is 5.99. The molecule has 0 amide bonds. The summed E-state index contributed by atoms with van der Waals surface area (Å²) in [6.45, 7) is 0. The summed E-state index contributed by atoms with van der Waals surface area (Å²) in [6.07, 6.45) is 3.42. The Morgan fingerprint density at radius 2 is 2.33 bits per heavy atom. The van der Waals surface area contributed by atoms with Crippen LogP contribution in [0.2, 0.25) is 0 Å². The minimum Gasteiger partial charge on any atom is -0.383 e. The lowest BCUT2D eigenvalue weighted by Gasteiger charge is -2.15. The van der Waals surface area contributed by atoms with Crippen LogP contribution in [0.1, 0.15) is 16.5 Å². The van der Waals surface area contributed by atoms with Crippen LogP contribution < -0.4 is 17.0 Å². The number of nitrogens with one attached hydrogen (secondary N) is 1. The van der Waals surface area contributed by atoms with Crippen molar-refractivity contribution in [1.82, 2.24) is 15.4 Å². The van der Waals surface area contributed by atoms with Crippen LogP contribution in [0.3, 0.4) is 0 Å². The largest absolute Gasteiger partial charge is 0.383 e. The summed E-state index contributed by atoms with van der Waals surface area (Å²) in [6, 6.07) is 3.58. The smallest absolute Gasteiger partial charge is 0.128 e. The van der Waals surface area contributed by atoms with Crippen LogP contribution in [0.15, 0.2) is 30.0 Å². The van der Waals surface area contributed by atoms with Crippen molar-refractivity contribution >= 4 is 17.2 Å². The number of thiazole rings is 1. The van der Waals surface area contributed by atoms with Crippen molar-refractivity contribution in [3.05, 3.63) is 40.5 Å². The second kappa shape index (κ2) is 4.35. The minimum absolute atomic E-state index is 0.147. The molecule has 0 bridgehead atoms. The van der Waals surface area contributed by atoms with Gasteiger partial charge in [-0.05, 0) is 6.07 Å². The van der Waals surface area contributed by atoms with Gasteiger partial charge < -0.3 is 5.73 Å². The Morgan fingerprint density at radius 3 is 2.93 bits per heavy atom. The van der Waals surface area contributed by atoms with Crippen LogP contribution in [0.25, 0.3) is 0 Å². The Balaban J connectivity index is 2.40. The molecule has 5 N–H and O–H groups in total. The fourth-order valence-corrected chi connectivity index (χ4v) is 2.06. The Morgan fingerprint density at radius 1 is 1.47 bits per heavy atom. The van der Waals surface area contributed by atoms with E-state index in [4.69, 9.17) is 11.6 Å². The zero-order valence-electron chi connectivity index (χ0n) is 7.92. The molecule has 0 radical (unpaired) electrons. The minimum atomic E-state index is -0.147. The van der Waals surface area contributed by atoms with Gasteiger partial charge in [-0.2, -0.15) is 0 Å². The molecule has 2 rings (SSSR count). The lowest BCUT2D eigenvalue weighted by molar-refractivity contribution is 0.645. The van der Waals surface area contributed by atoms with Crippen LogP contribution in [-0.4, -0.2) is 9.97 Å². The second-order valence-electron chi connectivity index (χ2n) is 2.98. The molecular weight excluding hydrogens is 210 g/mol. The monoisotopic (exact) mass is 221 g/mol. The molecule has 6 heteroatoms. The Kier molecular flexibility index (Phi) is 2.91. The van der Waals surface area contributed by atoms with Gasteiger partial charge in [0.05, 0.1) is 11.6 Å². The molecular formula is C9H11N5S. The number of aromatic nitrogens is 2. The molecule has 1 atom stereocenters. The van der Waals surface area contributed by atoms with E-state index in [0.717, 1.165) is 10.4 Å². The predicted molar refractivity (Wildman–Crippen MR) is 59.9 cm³/mol. The van der Waals surface area contributed by atoms with Crippen molar-refractivity contribution in [2.24, 2.45) is 5.84 Å². The van der Waals surface area contributed by atoms with Gasteiger partial charge in [0.15, 0.2) is 0 Å². The van der Waals surface area contributed by atoms with Crippen molar-refractivity contribution in [3.8, 4) is 0 Å². The van der Waals surface area contributed by atoms with E-state index in [-0.39, 0.29) is 6.04 Å². The molecule has 15 heavy (non-hydrogen) atoms. The molecule has 0 fully saturated rings. The first-order chi connectivity index (χ1) is 7.33. The summed E-state index contributed by atoms with van der Waals surface area (Å²) in [4.78, 5) is 9.04. The van der Waals surface area contributed by atoms with E-state index in [9.17, 15) is 0 Å². The molecule has 0 aliphatic heterocycles. The van der Waals surface area contributed by atoms with Gasteiger partial charge in [-0.25, -0.2) is 10.4 Å². The highest BCUT2D eigenvalue weighted by Gasteiger charge is 2.16. The number of hydrogen-bond donors (Lipinski definition) is 3. The number of nitrogens with zero attached hydrogens (tertiary/aromatic N) is 2. The van der Waals surface area contributed by atoms with Gasteiger partial charge in [-0.15, -0.1) is 11.3 Å². The molecule has 0 saturated heterocycles. The first-order valence-corrected chi connectivity index (χ1v) is 5.26. The fraction of sp³-hybridized carbons (Fsp3) is 0.111. The number of pyridine rings is 1. The third-order valence-electron chi connectivity index (χ3n) is 2.08. The molecule has 2 aromatic heterocycles. The first kappa shape index (κ1) is 10.0. The van der Waals surface area contributed by atoms with Crippen molar-refractivity contribution in [2.75, 3.05) is 5.73 Å². The normalized spacial score (nSPS) is 12.6. The second-order valence-corrected chi connectivity index (χ2v) is 3.90. The van der Waals surface area contributed by atoms with Crippen molar-refractivity contribution in [3.63, 3.8) is 0 Å². The topological polar surface area (TPSA) is 89.8 Å². The highest BCUT2D eigenvalue weighted by atomic mass is 32.1. The molecule has 0 aliphatic rings. The predicted octanol–water partition coefficient (Wildman–Crippen LogP) is 0.673. The third kappa shape index (κ3) is 1.96. The number of anilines is 1. The average molecular weight is 221 g/mol. The number of hydrogen-bond acceptors (Lipinski definition) is 6. The van der Waals surface area contributed by atoms with Gasteiger partial charge in [0.1, 0.15) is 5.82 Å². The first-order valence-electron chi connectivity index (χ1n) is 4.38. The van der Waals surface area contributed by atoms with Gasteiger partial charge in [0.25, 0.3) is 0 Å². The summed E-state index contributed by atoms with van der Waals surface area (Å²) in [5, 5.41) is 0. The highest BCUT2D eigenvalue weighted by Crippen LogP contribution is 2.26. The lowest BCUT2D eigenvalue weighted by Crippen LogP contribution is -2.29. The Labute approximate surface area is 91.1 Å². The van der Waals surface area contributed by atoms with Crippen LogP contribution >= 0.6 is 11.3 Å². The van der Waals surface area contributed by atoms with Crippen LogP contribution in [0, 0.1) is 0 Å². The number of rotatable bonds is 3. The van der Waals surface area contributed by atoms with E-state index in [0.29, 0.717) is 5.82 Å². The number of nitrogen functional groups attached to an aromatic ring is 1.